The molecule has 0 saturated heterocycles. The van der Waals surface area contributed by atoms with Gasteiger partial charge in [0.2, 0.25) is 0 Å². The third kappa shape index (κ3) is 14.8. The van der Waals surface area contributed by atoms with Gasteiger partial charge >= 0.3 is 11.9 Å². The van der Waals surface area contributed by atoms with Crippen molar-refractivity contribution >= 4 is 11.9 Å². The highest BCUT2D eigenvalue weighted by Gasteiger charge is 2.15. The van der Waals surface area contributed by atoms with E-state index in [0.29, 0.717) is 36.2 Å². The molecule has 0 saturated carbocycles. The summed E-state index contributed by atoms with van der Waals surface area (Å²) in [6.45, 7) is 16.1. The van der Waals surface area contributed by atoms with E-state index in [1.807, 2.05) is 0 Å². The van der Waals surface area contributed by atoms with Crippen molar-refractivity contribution in [2.75, 3.05) is 13.2 Å². The first-order valence-corrected chi connectivity index (χ1v) is 13.3. The Kier molecular flexibility index (Phi) is 18.5. The Bertz CT molecular complexity index is 570. The smallest absolute Gasteiger partial charge is 0.338 e. The quantitative estimate of drug-likeness (QED) is 0.245. The molecule has 0 fully saturated rings. The molecule has 33 heavy (non-hydrogen) atoms. The van der Waals surface area contributed by atoms with Crippen molar-refractivity contribution in [1.82, 2.24) is 0 Å². The lowest BCUT2D eigenvalue weighted by molar-refractivity contribution is 0.0414. The van der Waals surface area contributed by atoms with Crippen molar-refractivity contribution in [3.63, 3.8) is 0 Å². The van der Waals surface area contributed by atoms with Crippen molar-refractivity contribution in [3.8, 4) is 0 Å². The second-order valence-corrected chi connectivity index (χ2v) is 9.41. The Balaban J connectivity index is 0.00000184. The lowest BCUT2D eigenvalue weighted by atomic mass is 10.0. The number of hydrogen-bond donors (Lipinski definition) is 0. The zero-order valence-electron chi connectivity index (χ0n) is 22.5. The Morgan fingerprint density at radius 2 is 1.00 bits per heavy atom. The molecule has 0 amide bonds. The van der Waals surface area contributed by atoms with Gasteiger partial charge in [0.25, 0.3) is 0 Å². The van der Waals surface area contributed by atoms with Crippen LogP contribution >= 0.6 is 0 Å². The number of benzene rings is 1. The number of carbonyl (C=O) groups is 2. The molecule has 1 rings (SSSR count). The van der Waals surface area contributed by atoms with Gasteiger partial charge in [-0.2, -0.15) is 0 Å². The molecule has 0 spiro atoms. The number of esters is 2. The Labute approximate surface area is 203 Å². The molecule has 0 N–H and O–H groups in total. The lowest BCUT2D eigenvalue weighted by Gasteiger charge is -2.15. The second kappa shape index (κ2) is 19.6. The fourth-order valence-electron chi connectivity index (χ4n) is 3.09. The summed E-state index contributed by atoms with van der Waals surface area (Å²) in [6.07, 6.45) is 10.1. The molecule has 1 aromatic carbocycles. The number of ether oxygens (including phenoxy) is 2. The minimum absolute atomic E-state index is 0.333. The van der Waals surface area contributed by atoms with Crippen molar-refractivity contribution in [1.29, 1.82) is 0 Å². The minimum atomic E-state index is -0.333. The molecule has 0 aromatic heterocycles. The van der Waals surface area contributed by atoms with Crippen LogP contribution in [0.25, 0.3) is 0 Å². The molecular weight excluding hydrogens is 412 g/mol. The summed E-state index contributed by atoms with van der Waals surface area (Å²) in [5, 5.41) is 0. The van der Waals surface area contributed by atoms with Gasteiger partial charge < -0.3 is 9.47 Å². The maximum absolute atomic E-state index is 12.2. The van der Waals surface area contributed by atoms with Crippen molar-refractivity contribution in [3.05, 3.63) is 35.4 Å². The summed E-state index contributed by atoms with van der Waals surface area (Å²) in [6, 6.07) is 6.56. The number of rotatable bonds is 15. The van der Waals surface area contributed by atoms with E-state index < -0.39 is 0 Å². The standard InChI is InChI=1S/C24H38O4.C5H12/c1-5-9-11-19(7-3)17-27-23(25)21-13-15-22(16-14-21)24(26)28-18-20(8-4)12-10-6-2;1-4-5(2)3/h13-16,19-20H,5-12,17-18H2,1-4H3;5H,4H2,1-3H3. The van der Waals surface area contributed by atoms with Gasteiger partial charge in [-0.25, -0.2) is 9.59 Å². The fourth-order valence-corrected chi connectivity index (χ4v) is 3.09. The summed E-state index contributed by atoms with van der Waals surface area (Å²) < 4.78 is 10.9. The van der Waals surface area contributed by atoms with Gasteiger partial charge in [-0.05, 0) is 54.9 Å². The average molecular weight is 463 g/mol. The maximum Gasteiger partial charge on any atom is 0.338 e. The summed E-state index contributed by atoms with van der Waals surface area (Å²) in [7, 11) is 0. The summed E-state index contributed by atoms with van der Waals surface area (Å²) >= 11 is 0. The monoisotopic (exact) mass is 462 g/mol. The molecule has 4 heteroatoms. The van der Waals surface area contributed by atoms with Gasteiger partial charge in [0.15, 0.2) is 0 Å². The van der Waals surface area contributed by atoms with Crippen molar-refractivity contribution < 1.29 is 19.1 Å². The zero-order chi connectivity index (χ0) is 25.1. The second-order valence-electron chi connectivity index (χ2n) is 9.41. The summed E-state index contributed by atoms with van der Waals surface area (Å²) in [4.78, 5) is 24.5. The van der Waals surface area contributed by atoms with Gasteiger partial charge in [-0.15, -0.1) is 0 Å². The van der Waals surface area contributed by atoms with E-state index in [9.17, 15) is 9.59 Å². The fraction of sp³-hybridized carbons (Fsp3) is 0.724. The molecule has 2 atom stereocenters. The van der Waals surface area contributed by atoms with E-state index in [4.69, 9.17) is 9.47 Å². The van der Waals surface area contributed by atoms with E-state index in [1.165, 1.54) is 6.42 Å². The molecular formula is C29H50O4. The molecule has 0 aliphatic carbocycles. The molecule has 1 aromatic rings. The van der Waals surface area contributed by atoms with Crippen LogP contribution in [0, 0.1) is 17.8 Å². The predicted octanol–water partition coefficient (Wildman–Crippen LogP) is 8.49. The van der Waals surface area contributed by atoms with Crippen LogP contribution in [-0.4, -0.2) is 25.2 Å². The summed E-state index contributed by atoms with van der Waals surface area (Å²) in [5.74, 6) is 1.05. The highest BCUT2D eigenvalue weighted by atomic mass is 16.5. The first kappa shape index (κ1) is 31.2. The highest BCUT2D eigenvalue weighted by Crippen LogP contribution is 2.16. The molecule has 0 radical (unpaired) electrons. The molecule has 4 nitrogen and oxygen atoms in total. The van der Waals surface area contributed by atoms with Crippen LogP contribution < -0.4 is 0 Å². The topological polar surface area (TPSA) is 52.6 Å². The first-order chi connectivity index (χ1) is 15.8. The molecule has 0 bridgehead atoms. The summed E-state index contributed by atoms with van der Waals surface area (Å²) in [5.41, 5.74) is 0.938. The maximum atomic E-state index is 12.2. The third-order valence-corrected chi connectivity index (χ3v) is 6.16. The molecule has 0 aliphatic heterocycles. The van der Waals surface area contributed by atoms with Crippen LogP contribution in [0.15, 0.2) is 24.3 Å². The average Bonchev–Trinajstić information content (AvgIpc) is 2.84. The van der Waals surface area contributed by atoms with E-state index in [2.05, 4.69) is 48.5 Å². The predicted molar refractivity (Wildman–Crippen MR) is 139 cm³/mol. The van der Waals surface area contributed by atoms with Crippen LogP contribution in [0.2, 0.25) is 0 Å². The molecule has 0 aliphatic rings. The molecule has 0 heterocycles. The lowest BCUT2D eigenvalue weighted by Crippen LogP contribution is -2.15. The van der Waals surface area contributed by atoms with Gasteiger partial charge in [-0.3, -0.25) is 0 Å². The zero-order valence-corrected chi connectivity index (χ0v) is 22.5. The Morgan fingerprint density at radius 1 is 0.667 bits per heavy atom. The number of unbranched alkanes of at least 4 members (excludes halogenated alkanes) is 2. The van der Waals surface area contributed by atoms with Gasteiger partial charge in [-0.1, -0.05) is 93.4 Å². The Morgan fingerprint density at radius 3 is 1.24 bits per heavy atom. The van der Waals surface area contributed by atoms with Gasteiger partial charge in [0, 0.05) is 0 Å². The molecule has 2 unspecified atom stereocenters. The number of carbonyl (C=O) groups excluding carboxylic acids is 2. The largest absolute Gasteiger partial charge is 0.462 e. The van der Waals surface area contributed by atoms with E-state index >= 15 is 0 Å². The van der Waals surface area contributed by atoms with Gasteiger partial charge in [0.05, 0.1) is 24.3 Å². The van der Waals surface area contributed by atoms with E-state index in [-0.39, 0.29) is 11.9 Å². The SMILES string of the molecule is CCC(C)C.CCCCC(CC)COC(=O)c1ccc(C(=O)OCC(CC)CCCC)cc1. The van der Waals surface area contributed by atoms with Crippen molar-refractivity contribution in [2.45, 2.75) is 106 Å². The number of hydrogen-bond acceptors (Lipinski definition) is 4. The molecule has 190 valence electrons. The van der Waals surface area contributed by atoms with Crippen LogP contribution in [0.3, 0.4) is 0 Å². The van der Waals surface area contributed by atoms with Crippen LogP contribution in [-0.2, 0) is 9.47 Å². The normalized spacial score (nSPS) is 12.5. The minimum Gasteiger partial charge on any atom is -0.462 e. The van der Waals surface area contributed by atoms with Gasteiger partial charge in [0.1, 0.15) is 0 Å². The van der Waals surface area contributed by atoms with E-state index in [0.717, 1.165) is 57.3 Å². The first-order valence-electron chi connectivity index (χ1n) is 13.3. The van der Waals surface area contributed by atoms with Crippen molar-refractivity contribution in [2.24, 2.45) is 17.8 Å². The third-order valence-electron chi connectivity index (χ3n) is 6.16. The highest BCUT2D eigenvalue weighted by molar-refractivity contribution is 5.93. The van der Waals surface area contributed by atoms with Crippen LogP contribution in [0.1, 0.15) is 127 Å². The van der Waals surface area contributed by atoms with Crippen LogP contribution in [0.4, 0.5) is 0 Å². The van der Waals surface area contributed by atoms with Crippen LogP contribution in [0.5, 0.6) is 0 Å². The van der Waals surface area contributed by atoms with E-state index in [1.54, 1.807) is 24.3 Å². The Hall–Kier alpha value is -1.84.